The highest BCUT2D eigenvalue weighted by Gasteiger charge is 2.31. The number of benzene rings is 3. The normalized spacial score (nSPS) is 20.3. The van der Waals surface area contributed by atoms with E-state index in [1.165, 1.54) is 18.2 Å². The van der Waals surface area contributed by atoms with Gasteiger partial charge in [-0.15, -0.1) is 0 Å². The topological polar surface area (TPSA) is 125 Å². The van der Waals surface area contributed by atoms with E-state index in [1.807, 2.05) is 39.0 Å². The number of fused-ring (bicyclic) bond motifs is 1. The molecule has 0 fully saturated rings. The summed E-state index contributed by atoms with van der Waals surface area (Å²) < 4.78 is 41.6. The molecule has 11 heteroatoms. The van der Waals surface area contributed by atoms with Gasteiger partial charge in [0, 0.05) is 43.9 Å². The van der Waals surface area contributed by atoms with Gasteiger partial charge >= 0.3 is 0 Å². The number of aryl methyl sites for hydroxylation is 1. The Morgan fingerprint density at radius 1 is 1.06 bits per heavy atom. The lowest BCUT2D eigenvalue weighted by Gasteiger charge is -2.36. The van der Waals surface area contributed by atoms with Gasteiger partial charge in [0.1, 0.15) is 5.75 Å². The molecule has 10 nitrogen and oxygen atoms in total. The fraction of sp³-hybridized carbons (Fsp3) is 0.444. The number of carbonyl (C=O) groups excluding carboxylic acids is 2. The molecule has 254 valence electrons. The molecule has 2 N–H and O–H groups in total. The zero-order valence-electron chi connectivity index (χ0n) is 27.9. The van der Waals surface area contributed by atoms with Gasteiger partial charge in [-0.3, -0.25) is 14.3 Å². The Balaban J connectivity index is 1.66. The van der Waals surface area contributed by atoms with Crippen LogP contribution in [0.15, 0.2) is 77.7 Å². The molecule has 2 amide bonds. The molecule has 1 heterocycles. The van der Waals surface area contributed by atoms with Crippen LogP contribution in [-0.2, 0) is 14.8 Å². The number of aliphatic hydroxyl groups is 1. The van der Waals surface area contributed by atoms with E-state index in [2.05, 4.69) is 4.72 Å². The van der Waals surface area contributed by atoms with Gasteiger partial charge in [-0.05, 0) is 82.5 Å². The molecular formula is C36H47N3O7S. The number of amides is 2. The first-order valence-corrected chi connectivity index (χ1v) is 17.6. The largest absolute Gasteiger partial charge is 0.490 e. The second-order valence-electron chi connectivity index (χ2n) is 12.5. The Hall–Kier alpha value is -3.93. The highest BCUT2D eigenvalue weighted by atomic mass is 32.2. The summed E-state index contributed by atoms with van der Waals surface area (Å²) in [6, 6.07) is 19.7. The van der Waals surface area contributed by atoms with Crippen LogP contribution < -0.4 is 9.46 Å². The van der Waals surface area contributed by atoms with Crippen molar-refractivity contribution in [2.75, 3.05) is 38.1 Å². The Morgan fingerprint density at radius 2 is 1.77 bits per heavy atom. The van der Waals surface area contributed by atoms with Crippen LogP contribution in [0.3, 0.4) is 0 Å². The molecule has 4 atom stereocenters. The van der Waals surface area contributed by atoms with Gasteiger partial charge in [0.05, 0.1) is 35.3 Å². The zero-order chi connectivity index (χ0) is 34.1. The molecule has 47 heavy (non-hydrogen) atoms. The molecule has 0 aromatic heterocycles. The van der Waals surface area contributed by atoms with Crippen molar-refractivity contribution in [2.24, 2.45) is 5.92 Å². The number of likely N-dealkylation sites (N-methyl/N-ethyl adjacent to an activating group) is 1. The van der Waals surface area contributed by atoms with Gasteiger partial charge in [-0.25, -0.2) is 8.42 Å². The number of sulfonamides is 1. The second-order valence-corrected chi connectivity index (χ2v) is 14.2. The average molecular weight is 666 g/mol. The standard InChI is InChI=1S/C36H47N3O7S/c1-25-14-17-31(18-15-25)47(43,44)37-30-16-19-33-32(21-30)36(42)39(27(3)24-40)22-26(2)34(45-20-10-9-11-28(4)46-33)23-38(5)35(41)29-12-7-6-8-13-29/h6-8,12-19,21,26-28,34,37,40H,9-11,20,22-24H2,1-5H3/t26-,27+,28-,34+/m1/s1. The van der Waals surface area contributed by atoms with E-state index in [1.54, 1.807) is 60.2 Å². The van der Waals surface area contributed by atoms with Gasteiger partial charge < -0.3 is 24.4 Å². The molecule has 3 aromatic rings. The first kappa shape index (κ1) is 35.9. The molecule has 3 aromatic carbocycles. The second kappa shape index (κ2) is 16.3. The number of anilines is 1. The maximum absolute atomic E-state index is 14.4. The summed E-state index contributed by atoms with van der Waals surface area (Å²) in [4.78, 5) is 30.8. The highest BCUT2D eigenvalue weighted by molar-refractivity contribution is 7.92. The average Bonchev–Trinajstić information content (AvgIpc) is 3.06. The van der Waals surface area contributed by atoms with Crippen molar-refractivity contribution in [2.45, 2.75) is 70.1 Å². The smallest absolute Gasteiger partial charge is 0.261 e. The minimum atomic E-state index is -3.93. The lowest BCUT2D eigenvalue weighted by atomic mass is 10.0. The summed E-state index contributed by atoms with van der Waals surface area (Å²) in [5.74, 6) is -0.436. The Kier molecular flexibility index (Phi) is 12.4. The zero-order valence-corrected chi connectivity index (χ0v) is 28.7. The molecule has 1 aliphatic heterocycles. The van der Waals surface area contributed by atoms with Crippen LogP contribution in [0.25, 0.3) is 0 Å². The van der Waals surface area contributed by atoms with Crippen LogP contribution in [0.2, 0.25) is 0 Å². The molecule has 0 bridgehead atoms. The molecule has 0 saturated carbocycles. The van der Waals surface area contributed by atoms with Crippen LogP contribution in [0.5, 0.6) is 5.75 Å². The molecule has 0 spiro atoms. The number of nitrogens with zero attached hydrogens (tertiary/aromatic N) is 2. The quantitative estimate of drug-likeness (QED) is 0.332. The highest BCUT2D eigenvalue weighted by Crippen LogP contribution is 2.29. The fourth-order valence-corrected chi connectivity index (χ4v) is 6.58. The third-order valence-electron chi connectivity index (χ3n) is 8.46. The molecule has 4 rings (SSSR count). The Bertz CT molecular complexity index is 1600. The predicted molar refractivity (Wildman–Crippen MR) is 182 cm³/mol. The van der Waals surface area contributed by atoms with Crippen molar-refractivity contribution in [1.82, 2.24) is 9.80 Å². The van der Waals surface area contributed by atoms with E-state index in [0.29, 0.717) is 30.9 Å². The van der Waals surface area contributed by atoms with E-state index < -0.39 is 28.1 Å². The van der Waals surface area contributed by atoms with Gasteiger partial charge in [0.25, 0.3) is 21.8 Å². The van der Waals surface area contributed by atoms with Gasteiger partial charge in [0.2, 0.25) is 0 Å². The fourth-order valence-electron chi connectivity index (χ4n) is 5.53. The number of nitrogens with one attached hydrogen (secondary N) is 1. The number of hydrogen-bond donors (Lipinski definition) is 2. The molecule has 0 unspecified atom stereocenters. The van der Waals surface area contributed by atoms with Crippen molar-refractivity contribution in [3.05, 3.63) is 89.5 Å². The first-order valence-electron chi connectivity index (χ1n) is 16.1. The number of carbonyl (C=O) groups is 2. The number of aliphatic hydroxyl groups excluding tert-OH is 1. The van der Waals surface area contributed by atoms with E-state index >= 15 is 0 Å². The Morgan fingerprint density at radius 3 is 2.45 bits per heavy atom. The van der Waals surface area contributed by atoms with Crippen molar-refractivity contribution in [3.63, 3.8) is 0 Å². The van der Waals surface area contributed by atoms with Crippen molar-refractivity contribution >= 4 is 27.5 Å². The Labute approximate surface area is 278 Å². The molecule has 0 aliphatic carbocycles. The van der Waals surface area contributed by atoms with Crippen molar-refractivity contribution < 1.29 is 32.6 Å². The monoisotopic (exact) mass is 665 g/mol. The summed E-state index contributed by atoms with van der Waals surface area (Å²) in [5.41, 5.74) is 1.90. The van der Waals surface area contributed by atoms with E-state index in [9.17, 15) is 23.1 Å². The summed E-state index contributed by atoms with van der Waals surface area (Å²) >= 11 is 0. The van der Waals surface area contributed by atoms with E-state index in [0.717, 1.165) is 18.4 Å². The van der Waals surface area contributed by atoms with Gasteiger partial charge in [-0.2, -0.15) is 0 Å². The van der Waals surface area contributed by atoms with Gasteiger partial charge in [0.15, 0.2) is 0 Å². The molecule has 0 saturated heterocycles. The van der Waals surface area contributed by atoms with Crippen LogP contribution in [0.1, 0.15) is 66.3 Å². The molecule has 1 aliphatic rings. The SMILES string of the molecule is Cc1ccc(S(=O)(=O)Nc2ccc3c(c2)C(=O)N([C@@H](C)CO)C[C@@H](C)[C@H](CN(C)C(=O)c2ccccc2)OCCCC[C@@H](C)O3)cc1. The minimum absolute atomic E-state index is 0.102. The predicted octanol–water partition coefficient (Wildman–Crippen LogP) is 5.36. The van der Waals surface area contributed by atoms with Crippen molar-refractivity contribution in [3.8, 4) is 5.75 Å². The summed E-state index contributed by atoms with van der Waals surface area (Å²) in [6.45, 7) is 8.25. The minimum Gasteiger partial charge on any atom is -0.490 e. The lowest BCUT2D eigenvalue weighted by molar-refractivity contribution is -0.0149. The van der Waals surface area contributed by atoms with Crippen LogP contribution in [0.4, 0.5) is 5.69 Å². The van der Waals surface area contributed by atoms with Gasteiger partial charge in [-0.1, -0.05) is 42.8 Å². The van der Waals surface area contributed by atoms with Crippen LogP contribution >= 0.6 is 0 Å². The maximum Gasteiger partial charge on any atom is 0.261 e. The molecular weight excluding hydrogens is 618 g/mol. The number of hydrogen-bond acceptors (Lipinski definition) is 7. The van der Waals surface area contributed by atoms with Crippen molar-refractivity contribution in [1.29, 1.82) is 0 Å². The van der Waals surface area contributed by atoms with E-state index in [4.69, 9.17) is 9.47 Å². The molecule has 0 radical (unpaired) electrons. The number of rotatable bonds is 8. The third kappa shape index (κ3) is 9.56. The summed E-state index contributed by atoms with van der Waals surface area (Å²) in [7, 11) is -2.19. The lowest BCUT2D eigenvalue weighted by Crippen LogP contribution is -2.48. The summed E-state index contributed by atoms with van der Waals surface area (Å²) in [5, 5.41) is 10.2. The number of ether oxygens (including phenoxy) is 2. The summed E-state index contributed by atoms with van der Waals surface area (Å²) in [6.07, 6.45) is 1.70. The van der Waals surface area contributed by atoms with Crippen LogP contribution in [0, 0.1) is 12.8 Å². The van der Waals surface area contributed by atoms with E-state index in [-0.39, 0.29) is 47.2 Å². The third-order valence-corrected chi connectivity index (χ3v) is 9.85. The maximum atomic E-state index is 14.4. The van der Waals surface area contributed by atoms with Crippen LogP contribution in [-0.4, -0.2) is 86.7 Å². The first-order chi connectivity index (χ1) is 22.4.